The van der Waals surface area contributed by atoms with Gasteiger partial charge in [-0.05, 0) is 24.1 Å². The summed E-state index contributed by atoms with van der Waals surface area (Å²) in [6.07, 6.45) is 0. The molecule has 6 heteroatoms. The fraction of sp³-hybridized carbons (Fsp3) is 0.300. The number of nitrogens with two attached hydrogens (primary N) is 1. The number of hydrogen-bond donors (Lipinski definition) is 3. The van der Waals surface area contributed by atoms with Gasteiger partial charge in [-0.25, -0.2) is 0 Å². The summed E-state index contributed by atoms with van der Waals surface area (Å²) in [5.41, 5.74) is 0.946. The van der Waals surface area contributed by atoms with E-state index in [1.807, 2.05) is 12.1 Å². The van der Waals surface area contributed by atoms with E-state index in [0.717, 1.165) is 29.0 Å². The summed E-state index contributed by atoms with van der Waals surface area (Å²) in [5.74, 6) is 1.46. The summed E-state index contributed by atoms with van der Waals surface area (Å²) < 4.78 is 10.3. The molecule has 0 amide bonds. The van der Waals surface area contributed by atoms with Crippen LogP contribution in [0.2, 0.25) is 0 Å². The molecular formula is C10H15N3O2S. The summed E-state index contributed by atoms with van der Waals surface area (Å²) in [7, 11) is 3.20. The first-order valence-corrected chi connectivity index (χ1v) is 5.49. The van der Waals surface area contributed by atoms with Crippen molar-refractivity contribution < 1.29 is 9.47 Å². The quantitative estimate of drug-likeness (QED) is 0.421. The van der Waals surface area contributed by atoms with Crippen molar-refractivity contribution in [3.05, 3.63) is 23.8 Å². The zero-order chi connectivity index (χ0) is 12.0. The normalized spacial score (nSPS) is 9.69. The van der Waals surface area contributed by atoms with Crippen molar-refractivity contribution in [1.29, 1.82) is 5.41 Å². The average Bonchev–Trinajstić information content (AvgIpc) is 2.35. The Hall–Kier alpha value is -1.40. The third kappa shape index (κ3) is 3.32. The maximum absolute atomic E-state index is 7.35. The van der Waals surface area contributed by atoms with Crippen molar-refractivity contribution in [2.24, 2.45) is 5.14 Å². The van der Waals surface area contributed by atoms with Crippen molar-refractivity contribution in [2.45, 2.75) is 6.54 Å². The Morgan fingerprint density at radius 3 is 2.75 bits per heavy atom. The highest BCUT2D eigenvalue weighted by Crippen LogP contribution is 2.24. The lowest BCUT2D eigenvalue weighted by molar-refractivity contribution is 0.390. The van der Waals surface area contributed by atoms with Gasteiger partial charge in [-0.3, -0.25) is 10.5 Å². The third-order valence-corrected chi connectivity index (χ3v) is 2.43. The number of ether oxygens (including phenoxy) is 2. The second kappa shape index (κ2) is 6.24. The molecule has 0 spiro atoms. The Balaban J connectivity index is 2.75. The van der Waals surface area contributed by atoms with E-state index in [0.29, 0.717) is 6.54 Å². The molecule has 88 valence electrons. The maximum Gasteiger partial charge on any atom is 0.169 e. The monoisotopic (exact) mass is 241 g/mol. The first-order chi connectivity index (χ1) is 7.71. The number of rotatable bonds is 4. The lowest BCUT2D eigenvalue weighted by Gasteiger charge is -2.11. The Bertz CT molecular complexity index is 371. The number of amidine groups is 1. The van der Waals surface area contributed by atoms with Gasteiger partial charge in [0.05, 0.1) is 14.2 Å². The predicted molar refractivity (Wildman–Crippen MR) is 65.9 cm³/mol. The molecule has 4 N–H and O–H groups in total. The largest absolute Gasteiger partial charge is 0.497 e. The highest BCUT2D eigenvalue weighted by Gasteiger charge is 2.05. The molecule has 0 heterocycles. The van der Waals surface area contributed by atoms with Gasteiger partial charge in [-0.1, -0.05) is 0 Å². The molecule has 0 atom stereocenters. The van der Waals surface area contributed by atoms with E-state index >= 15 is 0 Å². The summed E-state index contributed by atoms with van der Waals surface area (Å²) in [6.45, 7) is 0.496. The van der Waals surface area contributed by atoms with Gasteiger partial charge in [-0.15, -0.1) is 0 Å². The molecule has 16 heavy (non-hydrogen) atoms. The van der Waals surface area contributed by atoms with Crippen LogP contribution in [0, 0.1) is 5.41 Å². The topological polar surface area (TPSA) is 80.4 Å². The number of hydrogen-bond acceptors (Lipinski definition) is 5. The zero-order valence-corrected chi connectivity index (χ0v) is 10.1. The van der Waals surface area contributed by atoms with Crippen LogP contribution in [0.4, 0.5) is 0 Å². The van der Waals surface area contributed by atoms with E-state index in [1.165, 1.54) is 0 Å². The number of nitrogens with one attached hydrogen (secondary N) is 2. The van der Waals surface area contributed by atoms with Crippen molar-refractivity contribution in [3.8, 4) is 11.5 Å². The van der Waals surface area contributed by atoms with Crippen molar-refractivity contribution in [3.63, 3.8) is 0 Å². The lowest BCUT2D eigenvalue weighted by atomic mass is 10.2. The minimum absolute atomic E-state index is 0.220. The predicted octanol–water partition coefficient (Wildman–Crippen LogP) is 1.34. The molecule has 0 aliphatic heterocycles. The molecule has 0 aromatic heterocycles. The van der Waals surface area contributed by atoms with Gasteiger partial charge >= 0.3 is 0 Å². The van der Waals surface area contributed by atoms with Gasteiger partial charge in [0.2, 0.25) is 0 Å². The van der Waals surface area contributed by atoms with Crippen LogP contribution >= 0.6 is 11.9 Å². The van der Waals surface area contributed by atoms with Crippen LogP contribution < -0.4 is 19.9 Å². The minimum atomic E-state index is 0.220. The third-order valence-electron chi connectivity index (χ3n) is 2.05. The Morgan fingerprint density at radius 1 is 1.44 bits per heavy atom. The van der Waals surface area contributed by atoms with Crippen LogP contribution in [0.15, 0.2) is 18.2 Å². The summed E-state index contributed by atoms with van der Waals surface area (Å²) >= 11 is 0.872. The molecule has 1 rings (SSSR count). The first kappa shape index (κ1) is 12.7. The van der Waals surface area contributed by atoms with Crippen molar-refractivity contribution in [2.75, 3.05) is 14.2 Å². The highest BCUT2D eigenvalue weighted by atomic mass is 32.2. The summed E-state index contributed by atoms with van der Waals surface area (Å²) in [4.78, 5) is 0. The Labute approximate surface area is 99.0 Å². The van der Waals surface area contributed by atoms with E-state index in [-0.39, 0.29) is 5.17 Å². The standard InChI is InChI=1S/C10H15N3O2S/c1-14-8-4-3-7(9(5-8)15-2)6-13-10(11)16-12/h3-5H,6,12H2,1-2H3,(H2,11,13). The maximum atomic E-state index is 7.35. The van der Waals surface area contributed by atoms with E-state index in [1.54, 1.807) is 20.3 Å². The van der Waals surface area contributed by atoms with Gasteiger partial charge in [0.15, 0.2) is 5.17 Å². The summed E-state index contributed by atoms with van der Waals surface area (Å²) in [5, 5.41) is 15.7. The van der Waals surface area contributed by atoms with Crippen LogP contribution in [0.1, 0.15) is 5.56 Å². The molecule has 0 fully saturated rings. The fourth-order valence-electron chi connectivity index (χ4n) is 1.22. The molecule has 0 aliphatic rings. The van der Waals surface area contributed by atoms with Gasteiger partial charge in [0.25, 0.3) is 0 Å². The highest BCUT2D eigenvalue weighted by molar-refractivity contribution is 8.11. The second-order valence-corrected chi connectivity index (χ2v) is 3.62. The number of benzene rings is 1. The average molecular weight is 241 g/mol. The van der Waals surface area contributed by atoms with Crippen LogP contribution in [0.3, 0.4) is 0 Å². The van der Waals surface area contributed by atoms with E-state index < -0.39 is 0 Å². The molecule has 0 bridgehead atoms. The fourth-order valence-corrected chi connectivity index (χ4v) is 1.37. The van der Waals surface area contributed by atoms with Crippen LogP contribution in [0.5, 0.6) is 11.5 Å². The minimum Gasteiger partial charge on any atom is -0.497 e. The van der Waals surface area contributed by atoms with Gasteiger partial charge in [0, 0.05) is 18.2 Å². The number of methoxy groups -OCH3 is 2. The smallest absolute Gasteiger partial charge is 0.169 e. The van der Waals surface area contributed by atoms with E-state index in [4.69, 9.17) is 20.0 Å². The zero-order valence-electron chi connectivity index (χ0n) is 9.24. The molecular weight excluding hydrogens is 226 g/mol. The molecule has 0 radical (unpaired) electrons. The van der Waals surface area contributed by atoms with E-state index in [9.17, 15) is 0 Å². The molecule has 1 aromatic rings. The molecule has 0 saturated carbocycles. The second-order valence-electron chi connectivity index (χ2n) is 2.98. The van der Waals surface area contributed by atoms with E-state index in [2.05, 4.69) is 5.32 Å². The molecule has 1 aromatic carbocycles. The van der Waals surface area contributed by atoms with Crippen LogP contribution in [-0.4, -0.2) is 19.4 Å². The van der Waals surface area contributed by atoms with Crippen LogP contribution in [-0.2, 0) is 6.54 Å². The first-order valence-electron chi connectivity index (χ1n) is 4.61. The molecule has 0 aliphatic carbocycles. The lowest BCUT2D eigenvalue weighted by Crippen LogP contribution is -2.20. The molecule has 0 unspecified atom stereocenters. The summed E-state index contributed by atoms with van der Waals surface area (Å²) in [6, 6.07) is 5.54. The Morgan fingerprint density at radius 2 is 2.19 bits per heavy atom. The SMILES string of the molecule is COc1ccc(CNC(=N)SN)c(OC)c1. The van der Waals surface area contributed by atoms with Crippen molar-refractivity contribution >= 4 is 17.1 Å². The molecule has 0 saturated heterocycles. The van der Waals surface area contributed by atoms with Gasteiger partial charge in [-0.2, -0.15) is 0 Å². The van der Waals surface area contributed by atoms with Gasteiger partial charge in [0.1, 0.15) is 11.5 Å². The Kier molecular flexibility index (Phi) is 4.94. The van der Waals surface area contributed by atoms with Gasteiger partial charge < -0.3 is 14.8 Å². The molecule has 5 nitrogen and oxygen atoms in total. The van der Waals surface area contributed by atoms with Crippen LogP contribution in [0.25, 0.3) is 0 Å². The van der Waals surface area contributed by atoms with Crippen molar-refractivity contribution in [1.82, 2.24) is 5.32 Å².